The smallest absolute Gasteiger partial charge is 0.323 e. The Morgan fingerprint density at radius 2 is 1.38 bits per heavy atom. The molecule has 0 fully saturated rings. The normalized spacial score (nSPS) is 13.1. The van der Waals surface area contributed by atoms with Crippen LogP contribution in [0.15, 0.2) is 58.3 Å². The van der Waals surface area contributed by atoms with Gasteiger partial charge in [-0.25, -0.2) is 8.42 Å². The molecule has 0 aromatic heterocycles. The number of hydrogen-bond acceptors (Lipinski definition) is 7. The number of aryl methyl sites for hydroxylation is 2. The number of nitrogens with one attached hydrogen (secondary N) is 1. The fraction of sp³-hybridized carbons (Fsp3) is 0.316. The van der Waals surface area contributed by atoms with Crippen molar-refractivity contribution in [3.8, 4) is 0 Å². The van der Waals surface area contributed by atoms with Crippen LogP contribution in [0.2, 0.25) is 0 Å². The highest BCUT2D eigenvalue weighted by Gasteiger charge is 2.27. The summed E-state index contributed by atoms with van der Waals surface area (Å²) in [4.78, 5) is 11.9. The van der Waals surface area contributed by atoms with Crippen molar-refractivity contribution >= 4 is 26.1 Å². The number of rotatable bonds is 9. The van der Waals surface area contributed by atoms with Crippen molar-refractivity contribution in [3.63, 3.8) is 0 Å². The number of esters is 1. The minimum Gasteiger partial charge on any atom is -0.468 e. The Hall–Kier alpha value is -2.27. The second-order valence-electron chi connectivity index (χ2n) is 6.39. The van der Waals surface area contributed by atoms with Crippen LogP contribution in [-0.2, 0) is 33.9 Å². The minimum atomic E-state index is -4.04. The summed E-state index contributed by atoms with van der Waals surface area (Å²) < 4.78 is 61.3. The topological polar surface area (TPSA) is 116 Å². The van der Waals surface area contributed by atoms with Gasteiger partial charge in [-0.2, -0.15) is 13.1 Å². The molecule has 0 aliphatic carbocycles. The van der Waals surface area contributed by atoms with Crippen molar-refractivity contribution < 1.29 is 30.6 Å². The van der Waals surface area contributed by atoms with E-state index in [1.54, 1.807) is 24.3 Å². The van der Waals surface area contributed by atoms with Gasteiger partial charge in [-0.1, -0.05) is 35.4 Å². The molecule has 2 aromatic rings. The Morgan fingerprint density at radius 1 is 0.897 bits per heavy atom. The van der Waals surface area contributed by atoms with Crippen LogP contribution in [0.4, 0.5) is 0 Å². The van der Waals surface area contributed by atoms with E-state index in [4.69, 9.17) is 4.18 Å². The van der Waals surface area contributed by atoms with Gasteiger partial charge in [0.1, 0.15) is 6.04 Å². The first-order valence-electron chi connectivity index (χ1n) is 8.68. The van der Waals surface area contributed by atoms with E-state index in [2.05, 4.69) is 9.46 Å². The highest BCUT2D eigenvalue weighted by molar-refractivity contribution is 7.89. The first-order chi connectivity index (χ1) is 13.5. The fourth-order valence-corrected chi connectivity index (χ4v) is 4.53. The molecule has 0 saturated heterocycles. The Labute approximate surface area is 171 Å². The van der Waals surface area contributed by atoms with Crippen LogP contribution in [0, 0.1) is 13.8 Å². The first kappa shape index (κ1) is 23.0. The average molecular weight is 442 g/mol. The third kappa shape index (κ3) is 6.36. The fourth-order valence-electron chi connectivity index (χ4n) is 2.39. The maximum atomic E-state index is 12.5. The molecule has 0 unspecified atom stereocenters. The zero-order valence-corrected chi connectivity index (χ0v) is 17.9. The molecule has 0 radical (unpaired) electrons. The van der Waals surface area contributed by atoms with Gasteiger partial charge in [0.05, 0.1) is 23.5 Å². The number of methoxy groups -OCH3 is 1. The van der Waals surface area contributed by atoms with Crippen molar-refractivity contribution in [1.29, 1.82) is 0 Å². The zero-order chi connectivity index (χ0) is 21.7. The monoisotopic (exact) mass is 441 g/mol. The van der Waals surface area contributed by atoms with Crippen LogP contribution in [-0.4, -0.2) is 42.6 Å². The summed E-state index contributed by atoms with van der Waals surface area (Å²) in [6.07, 6.45) is -0.233. The Bertz CT molecular complexity index is 1040. The molecule has 0 spiro atoms. The van der Waals surface area contributed by atoms with Crippen molar-refractivity contribution in [2.75, 3.05) is 13.7 Å². The number of ether oxygens (including phenoxy) is 1. The van der Waals surface area contributed by atoms with Crippen molar-refractivity contribution in [3.05, 3.63) is 59.7 Å². The SMILES string of the molecule is COC(=O)[C@H](CCOS(=O)(=O)c1ccc(C)cc1)NS(=O)(=O)c1ccc(C)cc1. The molecular weight excluding hydrogens is 418 g/mol. The molecule has 0 bridgehead atoms. The summed E-state index contributed by atoms with van der Waals surface area (Å²) in [6, 6.07) is 10.8. The van der Waals surface area contributed by atoms with Crippen molar-refractivity contribution in [2.45, 2.75) is 36.1 Å². The zero-order valence-electron chi connectivity index (χ0n) is 16.3. The highest BCUT2D eigenvalue weighted by atomic mass is 32.2. The standard InChI is InChI=1S/C19H23NO7S2/c1-14-4-8-16(9-5-14)28(22,23)20-18(19(21)26-3)12-13-27-29(24,25)17-10-6-15(2)7-11-17/h4-11,18,20H,12-13H2,1-3H3/t18-/m0/s1. The van der Waals surface area contributed by atoms with Gasteiger partial charge in [0.15, 0.2) is 0 Å². The Balaban J connectivity index is 2.08. The number of hydrogen-bond donors (Lipinski definition) is 1. The number of benzene rings is 2. The lowest BCUT2D eigenvalue weighted by Crippen LogP contribution is -2.42. The largest absolute Gasteiger partial charge is 0.468 e. The molecule has 8 nitrogen and oxygen atoms in total. The van der Waals surface area contributed by atoms with Gasteiger partial charge in [-0.05, 0) is 44.5 Å². The first-order valence-corrected chi connectivity index (χ1v) is 11.6. The number of sulfonamides is 1. The van der Waals surface area contributed by atoms with Crippen LogP contribution >= 0.6 is 0 Å². The molecule has 0 amide bonds. The number of carbonyl (C=O) groups excluding carboxylic acids is 1. The van der Waals surface area contributed by atoms with Gasteiger partial charge >= 0.3 is 5.97 Å². The summed E-state index contributed by atoms with van der Waals surface area (Å²) in [6.45, 7) is 3.22. The van der Waals surface area contributed by atoms with E-state index in [1.165, 1.54) is 24.3 Å². The van der Waals surface area contributed by atoms with E-state index in [0.29, 0.717) is 0 Å². The number of carbonyl (C=O) groups is 1. The highest BCUT2D eigenvalue weighted by Crippen LogP contribution is 2.15. The molecule has 0 aliphatic heterocycles. The van der Waals surface area contributed by atoms with E-state index < -0.39 is 38.8 Å². The van der Waals surface area contributed by atoms with E-state index >= 15 is 0 Å². The lowest BCUT2D eigenvalue weighted by Gasteiger charge is -2.17. The van der Waals surface area contributed by atoms with Gasteiger partial charge in [-0.15, -0.1) is 0 Å². The maximum Gasteiger partial charge on any atom is 0.323 e. The second kappa shape index (κ2) is 9.49. The molecule has 2 rings (SSSR count). The lowest BCUT2D eigenvalue weighted by atomic mass is 10.2. The third-order valence-corrected chi connectivity index (χ3v) is 6.88. The summed E-state index contributed by atoms with van der Waals surface area (Å²) in [5.41, 5.74) is 1.77. The summed E-state index contributed by atoms with van der Waals surface area (Å²) in [5.74, 6) is -0.850. The van der Waals surface area contributed by atoms with Gasteiger partial charge < -0.3 is 4.74 Å². The van der Waals surface area contributed by atoms with E-state index in [9.17, 15) is 21.6 Å². The molecule has 0 heterocycles. The van der Waals surface area contributed by atoms with Crippen LogP contribution in [0.25, 0.3) is 0 Å². The van der Waals surface area contributed by atoms with Crippen molar-refractivity contribution in [1.82, 2.24) is 4.72 Å². The van der Waals surface area contributed by atoms with Gasteiger partial charge in [-0.3, -0.25) is 8.98 Å². The Morgan fingerprint density at radius 3 is 1.86 bits per heavy atom. The van der Waals surface area contributed by atoms with Crippen LogP contribution in [0.5, 0.6) is 0 Å². The van der Waals surface area contributed by atoms with Gasteiger partial charge in [0, 0.05) is 0 Å². The van der Waals surface area contributed by atoms with E-state index in [-0.39, 0.29) is 16.2 Å². The molecule has 0 saturated carbocycles. The van der Waals surface area contributed by atoms with Gasteiger partial charge in [0.2, 0.25) is 10.0 Å². The molecule has 158 valence electrons. The molecule has 29 heavy (non-hydrogen) atoms. The quantitative estimate of drug-likeness (QED) is 0.467. The Kier molecular flexibility index (Phi) is 7.53. The van der Waals surface area contributed by atoms with E-state index in [1.807, 2.05) is 13.8 Å². The predicted molar refractivity (Wildman–Crippen MR) is 106 cm³/mol. The maximum absolute atomic E-state index is 12.5. The molecule has 0 aliphatic rings. The average Bonchev–Trinajstić information content (AvgIpc) is 2.67. The minimum absolute atomic E-state index is 0.0230. The summed E-state index contributed by atoms with van der Waals surface area (Å²) in [5, 5.41) is 0. The second-order valence-corrected chi connectivity index (χ2v) is 9.72. The van der Waals surface area contributed by atoms with Crippen LogP contribution < -0.4 is 4.72 Å². The predicted octanol–water partition coefficient (Wildman–Crippen LogP) is 1.92. The molecule has 1 atom stereocenters. The molecule has 10 heteroatoms. The summed E-state index contributed by atoms with van der Waals surface area (Å²) in [7, 11) is -6.93. The van der Waals surface area contributed by atoms with Crippen LogP contribution in [0.3, 0.4) is 0 Å². The van der Waals surface area contributed by atoms with E-state index in [0.717, 1.165) is 18.2 Å². The van der Waals surface area contributed by atoms with Crippen LogP contribution in [0.1, 0.15) is 17.5 Å². The molecule has 2 aromatic carbocycles. The molecular formula is C19H23NO7S2. The lowest BCUT2D eigenvalue weighted by molar-refractivity contribution is -0.142. The van der Waals surface area contributed by atoms with Gasteiger partial charge in [0.25, 0.3) is 10.1 Å². The summed E-state index contributed by atoms with van der Waals surface area (Å²) >= 11 is 0. The van der Waals surface area contributed by atoms with Crippen molar-refractivity contribution in [2.24, 2.45) is 0 Å². The third-order valence-electron chi connectivity index (χ3n) is 4.07. The molecule has 1 N–H and O–H groups in total.